The van der Waals surface area contributed by atoms with Crippen LogP contribution in [0.25, 0.3) is 0 Å². The molecule has 1 spiro atoms. The molecule has 1 amide bonds. The summed E-state index contributed by atoms with van der Waals surface area (Å²) in [6.45, 7) is 2.65. The lowest BCUT2D eigenvalue weighted by molar-refractivity contribution is -0.153. The van der Waals surface area contributed by atoms with E-state index in [2.05, 4.69) is 0 Å². The van der Waals surface area contributed by atoms with Gasteiger partial charge in [-0.3, -0.25) is 4.79 Å². The van der Waals surface area contributed by atoms with E-state index in [1.54, 1.807) is 4.90 Å². The number of alkyl halides is 1. The van der Waals surface area contributed by atoms with Crippen LogP contribution in [-0.4, -0.2) is 74.8 Å². The Morgan fingerprint density at radius 1 is 1.13 bits per heavy atom. The van der Waals surface area contributed by atoms with Crippen molar-refractivity contribution in [3.05, 3.63) is 0 Å². The fourth-order valence-electron chi connectivity index (χ4n) is 3.71. The fraction of sp³-hybridized carbons (Fsp3) is 0.933. The van der Waals surface area contributed by atoms with Gasteiger partial charge in [0.05, 0.1) is 19.5 Å². The van der Waals surface area contributed by atoms with Crippen LogP contribution in [0.15, 0.2) is 0 Å². The van der Waals surface area contributed by atoms with Gasteiger partial charge in [0.2, 0.25) is 10.0 Å². The van der Waals surface area contributed by atoms with Crippen LogP contribution >= 0.6 is 0 Å². The Morgan fingerprint density at radius 3 is 2.30 bits per heavy atom. The highest BCUT2D eigenvalue weighted by Gasteiger charge is 2.49. The molecular formula is C15H25FN2O4S. The molecule has 23 heavy (non-hydrogen) atoms. The largest absolute Gasteiger partial charge is 0.379 e. The Labute approximate surface area is 137 Å². The lowest BCUT2D eigenvalue weighted by Gasteiger charge is -2.45. The van der Waals surface area contributed by atoms with Crippen molar-refractivity contribution in [2.24, 2.45) is 5.41 Å². The summed E-state index contributed by atoms with van der Waals surface area (Å²) in [4.78, 5) is 13.9. The van der Waals surface area contributed by atoms with Crippen LogP contribution in [0, 0.1) is 5.41 Å². The topological polar surface area (TPSA) is 66.9 Å². The number of carbonyl (C=O) groups is 1. The quantitative estimate of drug-likeness (QED) is 0.740. The molecule has 0 atom stereocenters. The minimum Gasteiger partial charge on any atom is -0.379 e. The Morgan fingerprint density at radius 2 is 1.78 bits per heavy atom. The second kappa shape index (κ2) is 5.97. The van der Waals surface area contributed by atoms with Gasteiger partial charge in [-0.05, 0) is 32.1 Å². The summed E-state index contributed by atoms with van der Waals surface area (Å²) in [6.07, 6.45) is 3.96. The molecule has 2 aliphatic heterocycles. The molecular weight excluding hydrogens is 323 g/mol. The predicted molar refractivity (Wildman–Crippen MR) is 83.2 cm³/mol. The number of sulfonamides is 1. The summed E-state index contributed by atoms with van der Waals surface area (Å²) in [5.74, 6) is -0.381. The third-order valence-corrected chi connectivity index (χ3v) is 6.76. The van der Waals surface area contributed by atoms with Crippen LogP contribution in [0.1, 0.15) is 32.1 Å². The second-order valence-electron chi connectivity index (χ2n) is 7.26. The molecule has 3 aliphatic rings. The van der Waals surface area contributed by atoms with Crippen molar-refractivity contribution in [1.29, 1.82) is 0 Å². The maximum atomic E-state index is 14.3. The molecule has 2 heterocycles. The van der Waals surface area contributed by atoms with Crippen molar-refractivity contribution in [3.63, 3.8) is 0 Å². The van der Waals surface area contributed by atoms with Gasteiger partial charge in [-0.1, -0.05) is 0 Å². The maximum absolute atomic E-state index is 14.3. The number of rotatable bonds is 2. The molecule has 0 aromatic carbocycles. The van der Waals surface area contributed by atoms with Crippen molar-refractivity contribution in [2.45, 2.75) is 37.8 Å². The third kappa shape index (κ3) is 3.39. The summed E-state index contributed by atoms with van der Waals surface area (Å²) in [5.41, 5.74) is -1.91. The van der Waals surface area contributed by atoms with E-state index in [0.717, 1.165) is 6.42 Å². The molecule has 2 saturated heterocycles. The maximum Gasteiger partial charge on any atom is 0.260 e. The molecule has 0 unspecified atom stereocenters. The fourth-order valence-corrected chi connectivity index (χ4v) is 4.62. The van der Waals surface area contributed by atoms with Crippen molar-refractivity contribution in [2.75, 3.05) is 45.6 Å². The van der Waals surface area contributed by atoms with Gasteiger partial charge in [0.25, 0.3) is 5.91 Å². The number of ether oxygens (including phenoxy) is 1. The molecule has 3 rings (SSSR count). The normalized spacial score (nSPS) is 28.2. The van der Waals surface area contributed by atoms with Crippen LogP contribution in [0.4, 0.5) is 4.39 Å². The standard InChI is InChI=1S/C15H25FN2O4S/c1-23(20,21)18-9-10-22-12-14(11-18)5-7-17(8-6-14)13(19)15(16)3-2-4-15/h2-12H2,1H3. The lowest BCUT2D eigenvalue weighted by atomic mass is 9.77. The van der Waals surface area contributed by atoms with Gasteiger partial charge in [0.15, 0.2) is 5.67 Å². The summed E-state index contributed by atoms with van der Waals surface area (Å²) < 4.78 is 45.1. The van der Waals surface area contributed by atoms with Crippen LogP contribution in [0.5, 0.6) is 0 Å². The third-order valence-electron chi connectivity index (χ3n) is 5.51. The van der Waals surface area contributed by atoms with Crippen LogP contribution < -0.4 is 0 Å². The molecule has 1 saturated carbocycles. The van der Waals surface area contributed by atoms with E-state index in [1.807, 2.05) is 0 Å². The Kier molecular flexibility index (Phi) is 4.44. The number of hydrogen-bond acceptors (Lipinski definition) is 4. The molecule has 0 N–H and O–H groups in total. The first-order valence-electron chi connectivity index (χ1n) is 8.25. The van der Waals surface area contributed by atoms with Crippen molar-refractivity contribution in [3.8, 4) is 0 Å². The number of carbonyl (C=O) groups excluding carboxylic acids is 1. The molecule has 8 heteroatoms. The van der Waals surface area contributed by atoms with E-state index >= 15 is 0 Å². The number of nitrogens with zero attached hydrogens (tertiary/aromatic N) is 2. The van der Waals surface area contributed by atoms with Gasteiger partial charge in [-0.15, -0.1) is 0 Å². The zero-order chi connectivity index (χ0) is 16.7. The predicted octanol–water partition coefficient (Wildman–Crippen LogP) is 0.779. The van der Waals surface area contributed by atoms with E-state index in [1.165, 1.54) is 10.6 Å². The van der Waals surface area contributed by atoms with Gasteiger partial charge in [-0.25, -0.2) is 12.8 Å². The van der Waals surface area contributed by atoms with Crippen LogP contribution in [0.2, 0.25) is 0 Å². The highest BCUT2D eigenvalue weighted by molar-refractivity contribution is 7.88. The molecule has 0 aromatic heterocycles. The molecule has 0 aromatic rings. The average Bonchev–Trinajstić information content (AvgIpc) is 2.68. The van der Waals surface area contributed by atoms with Gasteiger partial charge in [-0.2, -0.15) is 4.31 Å². The number of amides is 1. The first-order valence-corrected chi connectivity index (χ1v) is 10.1. The van der Waals surface area contributed by atoms with Gasteiger partial charge < -0.3 is 9.64 Å². The summed E-state index contributed by atoms with van der Waals surface area (Å²) >= 11 is 0. The summed E-state index contributed by atoms with van der Waals surface area (Å²) in [6, 6.07) is 0. The Balaban J connectivity index is 1.65. The first-order chi connectivity index (χ1) is 10.7. The molecule has 1 aliphatic carbocycles. The minimum absolute atomic E-state index is 0.264. The van der Waals surface area contributed by atoms with Crippen molar-refractivity contribution < 1.29 is 22.3 Å². The van der Waals surface area contributed by atoms with E-state index in [9.17, 15) is 17.6 Å². The second-order valence-corrected chi connectivity index (χ2v) is 9.24. The Hall–Kier alpha value is -0.730. The first kappa shape index (κ1) is 17.1. The van der Waals surface area contributed by atoms with Gasteiger partial charge in [0, 0.05) is 31.6 Å². The average molecular weight is 348 g/mol. The summed E-state index contributed by atoms with van der Waals surface area (Å²) in [7, 11) is -3.26. The zero-order valence-electron chi connectivity index (χ0n) is 13.6. The van der Waals surface area contributed by atoms with E-state index in [-0.39, 0.29) is 11.3 Å². The van der Waals surface area contributed by atoms with Crippen LogP contribution in [-0.2, 0) is 19.6 Å². The van der Waals surface area contributed by atoms with E-state index in [0.29, 0.717) is 65.1 Å². The van der Waals surface area contributed by atoms with Crippen molar-refractivity contribution >= 4 is 15.9 Å². The molecule has 132 valence electrons. The van der Waals surface area contributed by atoms with Crippen molar-refractivity contribution in [1.82, 2.24) is 9.21 Å². The zero-order valence-corrected chi connectivity index (χ0v) is 14.4. The highest BCUT2D eigenvalue weighted by Crippen LogP contribution is 2.40. The molecule has 3 fully saturated rings. The molecule has 6 nitrogen and oxygen atoms in total. The monoisotopic (exact) mass is 348 g/mol. The van der Waals surface area contributed by atoms with E-state index < -0.39 is 15.7 Å². The number of halogens is 1. The number of piperidine rings is 1. The number of hydrogen-bond donors (Lipinski definition) is 0. The van der Waals surface area contributed by atoms with Crippen LogP contribution in [0.3, 0.4) is 0 Å². The summed E-state index contributed by atoms with van der Waals surface area (Å²) in [5, 5.41) is 0. The minimum atomic E-state index is -3.26. The Bertz CT molecular complexity index is 568. The molecule has 0 bridgehead atoms. The van der Waals surface area contributed by atoms with Gasteiger partial charge in [0.1, 0.15) is 0 Å². The smallest absolute Gasteiger partial charge is 0.260 e. The number of likely N-dealkylation sites (tertiary alicyclic amines) is 1. The highest BCUT2D eigenvalue weighted by atomic mass is 32.2. The van der Waals surface area contributed by atoms with E-state index in [4.69, 9.17) is 4.74 Å². The SMILES string of the molecule is CS(=O)(=O)N1CCOCC2(CCN(C(=O)C3(F)CCC3)CC2)C1. The molecule has 0 radical (unpaired) electrons. The van der Waals surface area contributed by atoms with Gasteiger partial charge >= 0.3 is 0 Å². The lowest BCUT2D eigenvalue weighted by Crippen LogP contribution is -2.55.